The van der Waals surface area contributed by atoms with Gasteiger partial charge in [0.1, 0.15) is 5.78 Å². The van der Waals surface area contributed by atoms with Crippen molar-refractivity contribution in [3.05, 3.63) is 42.2 Å². The molecule has 2 unspecified atom stereocenters. The number of nitrogens with zero attached hydrogens (tertiary/aromatic N) is 1. The zero-order valence-electron chi connectivity index (χ0n) is 9.89. The van der Waals surface area contributed by atoms with Crippen molar-refractivity contribution in [3.63, 3.8) is 0 Å². The summed E-state index contributed by atoms with van der Waals surface area (Å²) in [6.07, 6.45) is 5.44. The molecule has 1 aliphatic carbocycles. The van der Waals surface area contributed by atoms with Crippen LogP contribution >= 0.6 is 0 Å². The second-order valence-electron chi connectivity index (χ2n) is 4.84. The van der Waals surface area contributed by atoms with Gasteiger partial charge in [-0.05, 0) is 29.4 Å². The van der Waals surface area contributed by atoms with Crippen molar-refractivity contribution in [3.8, 4) is 0 Å². The molecule has 0 bridgehead atoms. The first-order valence-corrected chi connectivity index (χ1v) is 6.13. The van der Waals surface area contributed by atoms with Crippen LogP contribution in [0, 0.1) is 5.92 Å². The minimum atomic E-state index is 0.154. The lowest BCUT2D eigenvalue weighted by molar-refractivity contribution is -0.120. The van der Waals surface area contributed by atoms with Crippen LogP contribution in [-0.2, 0) is 4.79 Å². The zero-order valence-corrected chi connectivity index (χ0v) is 9.89. The van der Waals surface area contributed by atoms with Crippen LogP contribution in [0.1, 0.15) is 31.2 Å². The molecule has 2 heteroatoms. The maximum absolute atomic E-state index is 11.7. The van der Waals surface area contributed by atoms with Gasteiger partial charge in [0.25, 0.3) is 0 Å². The molecule has 2 atom stereocenters. The summed E-state index contributed by atoms with van der Waals surface area (Å²) >= 11 is 0. The van der Waals surface area contributed by atoms with Crippen molar-refractivity contribution < 1.29 is 4.79 Å². The number of carbonyl (C=O) groups excluding carboxylic acids is 1. The highest BCUT2D eigenvalue weighted by Gasteiger charge is 2.32. The Balaban J connectivity index is 2.15. The van der Waals surface area contributed by atoms with Gasteiger partial charge in [-0.1, -0.05) is 25.1 Å². The van der Waals surface area contributed by atoms with E-state index in [-0.39, 0.29) is 5.92 Å². The van der Waals surface area contributed by atoms with Gasteiger partial charge < -0.3 is 0 Å². The normalized spacial score (nSPS) is 24.4. The Kier molecular flexibility index (Phi) is 2.43. The van der Waals surface area contributed by atoms with Gasteiger partial charge in [-0.3, -0.25) is 9.78 Å². The predicted octanol–water partition coefficient (Wildman–Crippen LogP) is 3.32. The summed E-state index contributed by atoms with van der Waals surface area (Å²) in [5.41, 5.74) is 1.29. The van der Waals surface area contributed by atoms with Crippen molar-refractivity contribution in [2.45, 2.75) is 25.7 Å². The van der Waals surface area contributed by atoms with E-state index < -0.39 is 0 Å². The summed E-state index contributed by atoms with van der Waals surface area (Å²) in [6, 6.07) is 8.35. The smallest absolute Gasteiger partial charge is 0.136 e. The number of hydrogen-bond acceptors (Lipinski definition) is 2. The van der Waals surface area contributed by atoms with E-state index in [1.54, 1.807) is 0 Å². The lowest BCUT2D eigenvalue weighted by Gasteiger charge is -2.16. The van der Waals surface area contributed by atoms with Crippen LogP contribution in [0.2, 0.25) is 0 Å². The molecule has 1 heterocycles. The molecule has 17 heavy (non-hydrogen) atoms. The largest absolute Gasteiger partial charge is 0.299 e. The van der Waals surface area contributed by atoms with Gasteiger partial charge in [0.05, 0.1) is 0 Å². The molecule has 1 saturated carbocycles. The average molecular weight is 225 g/mol. The molecular formula is C15H15NO. The number of rotatable bonds is 1. The van der Waals surface area contributed by atoms with E-state index in [4.69, 9.17) is 0 Å². The molecule has 0 radical (unpaired) electrons. The average Bonchev–Trinajstić information content (AvgIpc) is 2.69. The maximum Gasteiger partial charge on any atom is 0.136 e. The highest BCUT2D eigenvalue weighted by molar-refractivity contribution is 5.89. The minimum absolute atomic E-state index is 0.154. The Morgan fingerprint density at radius 1 is 1.29 bits per heavy atom. The van der Waals surface area contributed by atoms with Crippen molar-refractivity contribution in [2.24, 2.45) is 5.92 Å². The molecule has 3 rings (SSSR count). The van der Waals surface area contributed by atoms with Crippen LogP contribution in [0.4, 0.5) is 0 Å². The Labute approximate surface area is 101 Å². The van der Waals surface area contributed by atoms with Crippen LogP contribution in [0.5, 0.6) is 0 Å². The van der Waals surface area contributed by atoms with E-state index in [0.717, 1.165) is 12.8 Å². The molecule has 0 aliphatic heterocycles. The van der Waals surface area contributed by atoms with Gasteiger partial charge in [0.15, 0.2) is 0 Å². The molecule has 1 aromatic carbocycles. The van der Waals surface area contributed by atoms with Crippen LogP contribution in [-0.4, -0.2) is 10.8 Å². The summed E-state index contributed by atoms with van der Waals surface area (Å²) in [5.74, 6) is 0.923. The topological polar surface area (TPSA) is 30.0 Å². The van der Waals surface area contributed by atoms with E-state index in [1.807, 2.05) is 18.5 Å². The van der Waals surface area contributed by atoms with Gasteiger partial charge in [0.2, 0.25) is 0 Å². The molecular weight excluding hydrogens is 210 g/mol. The Hall–Kier alpha value is -1.70. The number of Topliss-reactive ketones (excluding diaryl/α,β-unsaturated/α-hetero) is 1. The Morgan fingerprint density at radius 3 is 2.94 bits per heavy atom. The van der Waals surface area contributed by atoms with Crippen LogP contribution in [0.25, 0.3) is 10.8 Å². The molecule has 86 valence electrons. The van der Waals surface area contributed by atoms with Crippen molar-refractivity contribution in [1.82, 2.24) is 4.98 Å². The molecule has 0 saturated heterocycles. The summed E-state index contributed by atoms with van der Waals surface area (Å²) in [5, 5.41) is 2.41. The highest BCUT2D eigenvalue weighted by Crippen LogP contribution is 2.39. The van der Waals surface area contributed by atoms with E-state index in [0.29, 0.717) is 11.7 Å². The fourth-order valence-corrected chi connectivity index (χ4v) is 2.88. The summed E-state index contributed by atoms with van der Waals surface area (Å²) < 4.78 is 0. The number of pyridine rings is 1. The van der Waals surface area contributed by atoms with E-state index in [9.17, 15) is 4.79 Å². The van der Waals surface area contributed by atoms with Crippen LogP contribution in [0.15, 0.2) is 36.7 Å². The van der Waals surface area contributed by atoms with E-state index in [2.05, 4.69) is 30.1 Å². The maximum atomic E-state index is 11.7. The van der Waals surface area contributed by atoms with Gasteiger partial charge >= 0.3 is 0 Å². The number of carbonyl (C=O) groups is 1. The number of benzene rings is 1. The SMILES string of the molecule is CC1C(=O)CCC1c1cccc2ccncc12. The molecule has 0 spiro atoms. The molecule has 1 aliphatic rings. The first-order valence-electron chi connectivity index (χ1n) is 6.13. The van der Waals surface area contributed by atoms with Crippen molar-refractivity contribution in [2.75, 3.05) is 0 Å². The molecule has 1 fully saturated rings. The molecule has 0 amide bonds. The quantitative estimate of drug-likeness (QED) is 0.745. The van der Waals surface area contributed by atoms with Gasteiger partial charge in [0, 0.05) is 30.1 Å². The monoisotopic (exact) mass is 225 g/mol. The van der Waals surface area contributed by atoms with Crippen molar-refractivity contribution >= 4 is 16.6 Å². The first-order chi connectivity index (χ1) is 8.27. The fourth-order valence-electron chi connectivity index (χ4n) is 2.88. The summed E-state index contributed by atoms with van der Waals surface area (Å²) in [7, 11) is 0. The second-order valence-corrected chi connectivity index (χ2v) is 4.84. The lowest BCUT2D eigenvalue weighted by atomic mass is 9.87. The van der Waals surface area contributed by atoms with Gasteiger partial charge in [-0.2, -0.15) is 0 Å². The highest BCUT2D eigenvalue weighted by atomic mass is 16.1. The number of hydrogen-bond donors (Lipinski definition) is 0. The molecule has 0 N–H and O–H groups in total. The van der Waals surface area contributed by atoms with Crippen molar-refractivity contribution in [1.29, 1.82) is 0 Å². The number of aromatic nitrogens is 1. The molecule has 1 aromatic heterocycles. The lowest BCUT2D eigenvalue weighted by Crippen LogP contribution is -2.09. The zero-order chi connectivity index (χ0) is 11.8. The Morgan fingerprint density at radius 2 is 2.18 bits per heavy atom. The fraction of sp³-hybridized carbons (Fsp3) is 0.333. The summed E-state index contributed by atoms with van der Waals surface area (Å²) in [6.45, 7) is 2.05. The minimum Gasteiger partial charge on any atom is -0.299 e. The first kappa shape index (κ1) is 10.5. The standard InChI is InChI=1S/C15H15NO/c1-10-12(5-6-15(10)17)13-4-2-3-11-7-8-16-9-14(11)13/h2-4,7-10,12H,5-6H2,1H3. The van der Waals surface area contributed by atoms with E-state index in [1.165, 1.54) is 16.3 Å². The van der Waals surface area contributed by atoms with Crippen LogP contribution in [0.3, 0.4) is 0 Å². The number of ketones is 1. The predicted molar refractivity (Wildman–Crippen MR) is 67.9 cm³/mol. The summed E-state index contributed by atoms with van der Waals surface area (Å²) in [4.78, 5) is 15.9. The molecule has 2 aromatic rings. The van der Waals surface area contributed by atoms with E-state index >= 15 is 0 Å². The third-order valence-electron chi connectivity index (χ3n) is 3.93. The van der Waals surface area contributed by atoms with Gasteiger partial charge in [-0.15, -0.1) is 0 Å². The Bertz CT molecular complexity index is 571. The second kappa shape index (κ2) is 3.95. The van der Waals surface area contributed by atoms with Crippen LogP contribution < -0.4 is 0 Å². The number of fused-ring (bicyclic) bond motifs is 1. The molecule has 2 nitrogen and oxygen atoms in total. The third kappa shape index (κ3) is 1.64. The van der Waals surface area contributed by atoms with Gasteiger partial charge in [-0.25, -0.2) is 0 Å². The third-order valence-corrected chi connectivity index (χ3v) is 3.93.